The van der Waals surface area contributed by atoms with E-state index in [9.17, 15) is 0 Å². The zero-order chi connectivity index (χ0) is 13.3. The van der Waals surface area contributed by atoms with E-state index in [1.165, 1.54) is 30.4 Å². The summed E-state index contributed by atoms with van der Waals surface area (Å²) in [4.78, 5) is 0. The van der Waals surface area contributed by atoms with Gasteiger partial charge in [0.05, 0.1) is 13.2 Å². The largest absolute Gasteiger partial charge is 0.490 e. The summed E-state index contributed by atoms with van der Waals surface area (Å²) in [5.74, 6) is 1.81. The Hall–Kier alpha value is -1.22. The number of aryl methyl sites for hydroxylation is 1. The Morgan fingerprint density at radius 2 is 1.79 bits per heavy atom. The number of benzene rings is 1. The highest BCUT2D eigenvalue weighted by Gasteiger charge is 2.39. The molecule has 3 nitrogen and oxygen atoms in total. The smallest absolute Gasteiger partial charge is 0.161 e. The molecular weight excluding hydrogens is 238 g/mol. The minimum absolute atomic E-state index is 0.191. The lowest BCUT2D eigenvalue weighted by atomic mass is 9.63. The van der Waals surface area contributed by atoms with Crippen LogP contribution in [0.25, 0.3) is 0 Å². The molecule has 1 aromatic rings. The van der Waals surface area contributed by atoms with Crippen LogP contribution in [0, 0.1) is 0 Å². The van der Waals surface area contributed by atoms with Gasteiger partial charge in [-0.1, -0.05) is 13.3 Å². The summed E-state index contributed by atoms with van der Waals surface area (Å²) < 4.78 is 11.6. The van der Waals surface area contributed by atoms with E-state index >= 15 is 0 Å². The Morgan fingerprint density at radius 1 is 1.11 bits per heavy atom. The Morgan fingerprint density at radius 3 is 2.32 bits per heavy atom. The van der Waals surface area contributed by atoms with Crippen molar-refractivity contribution in [2.45, 2.75) is 44.4 Å². The third kappa shape index (κ3) is 2.10. The van der Waals surface area contributed by atoms with E-state index in [2.05, 4.69) is 19.1 Å². The van der Waals surface area contributed by atoms with Gasteiger partial charge in [0.2, 0.25) is 0 Å². The predicted octanol–water partition coefficient (Wildman–Crippen LogP) is 2.79. The molecule has 1 aromatic carbocycles. The molecular formula is C16H23NO2. The van der Waals surface area contributed by atoms with Gasteiger partial charge in [-0.05, 0) is 42.5 Å². The molecule has 1 fully saturated rings. The second-order valence-electron chi connectivity index (χ2n) is 5.70. The maximum atomic E-state index is 6.06. The van der Waals surface area contributed by atoms with Crippen LogP contribution in [0.15, 0.2) is 12.1 Å². The second kappa shape index (κ2) is 5.04. The quantitative estimate of drug-likeness (QED) is 0.910. The molecule has 104 valence electrons. The highest BCUT2D eigenvalue weighted by atomic mass is 16.5. The predicted molar refractivity (Wildman–Crippen MR) is 76.0 cm³/mol. The maximum absolute atomic E-state index is 6.06. The van der Waals surface area contributed by atoms with E-state index in [-0.39, 0.29) is 5.41 Å². The fourth-order valence-electron chi connectivity index (χ4n) is 3.22. The van der Waals surface area contributed by atoms with Crippen LogP contribution in [0.3, 0.4) is 0 Å². The molecule has 1 saturated carbocycles. The SMILES string of the molecule is CCc1cc2c(cc1C1(CN)CCC1)OCCCO2. The van der Waals surface area contributed by atoms with Crippen LogP contribution in [-0.2, 0) is 11.8 Å². The van der Waals surface area contributed by atoms with Crippen LogP contribution in [-0.4, -0.2) is 19.8 Å². The van der Waals surface area contributed by atoms with Crippen molar-refractivity contribution in [3.05, 3.63) is 23.3 Å². The van der Waals surface area contributed by atoms with Crippen LogP contribution in [0.1, 0.15) is 43.7 Å². The second-order valence-corrected chi connectivity index (χ2v) is 5.70. The Bertz CT molecular complexity index is 461. The van der Waals surface area contributed by atoms with Gasteiger partial charge in [0.25, 0.3) is 0 Å². The molecule has 1 heterocycles. The third-order valence-electron chi connectivity index (χ3n) is 4.63. The molecule has 0 unspecified atom stereocenters. The molecule has 0 saturated heterocycles. The van der Waals surface area contributed by atoms with E-state index in [1.807, 2.05) is 0 Å². The fourth-order valence-corrected chi connectivity index (χ4v) is 3.22. The van der Waals surface area contributed by atoms with Crippen molar-refractivity contribution >= 4 is 0 Å². The summed E-state index contributed by atoms with van der Waals surface area (Å²) in [6.45, 7) is 4.43. The van der Waals surface area contributed by atoms with Crippen LogP contribution in [0.2, 0.25) is 0 Å². The molecule has 19 heavy (non-hydrogen) atoms. The summed E-state index contributed by atoms with van der Waals surface area (Å²) in [6, 6.07) is 4.37. The average molecular weight is 261 g/mol. The first kappa shape index (κ1) is 12.8. The lowest BCUT2D eigenvalue weighted by Crippen LogP contribution is -2.42. The number of rotatable bonds is 3. The van der Waals surface area contributed by atoms with Crippen molar-refractivity contribution in [2.24, 2.45) is 5.73 Å². The van der Waals surface area contributed by atoms with Crippen LogP contribution in [0.4, 0.5) is 0 Å². The molecule has 0 spiro atoms. The van der Waals surface area contributed by atoms with E-state index in [4.69, 9.17) is 15.2 Å². The van der Waals surface area contributed by atoms with E-state index in [1.54, 1.807) is 0 Å². The van der Waals surface area contributed by atoms with Crippen molar-refractivity contribution < 1.29 is 9.47 Å². The van der Waals surface area contributed by atoms with Gasteiger partial charge in [-0.3, -0.25) is 0 Å². The van der Waals surface area contributed by atoms with Gasteiger partial charge in [-0.2, -0.15) is 0 Å². The van der Waals surface area contributed by atoms with Gasteiger partial charge in [0.1, 0.15) is 0 Å². The summed E-state index contributed by atoms with van der Waals surface area (Å²) in [7, 11) is 0. The lowest BCUT2D eigenvalue weighted by Gasteiger charge is -2.43. The van der Waals surface area contributed by atoms with Gasteiger partial charge in [0.15, 0.2) is 11.5 Å². The molecule has 0 bridgehead atoms. The molecule has 0 radical (unpaired) electrons. The molecule has 0 amide bonds. The number of fused-ring (bicyclic) bond motifs is 1. The number of ether oxygens (including phenoxy) is 2. The zero-order valence-electron chi connectivity index (χ0n) is 11.7. The molecule has 3 rings (SSSR count). The Kier molecular flexibility index (Phi) is 3.40. The minimum atomic E-state index is 0.191. The van der Waals surface area contributed by atoms with Crippen molar-refractivity contribution in [1.29, 1.82) is 0 Å². The monoisotopic (exact) mass is 261 g/mol. The fraction of sp³-hybridized carbons (Fsp3) is 0.625. The molecule has 2 aliphatic rings. The number of hydrogen-bond acceptors (Lipinski definition) is 3. The van der Waals surface area contributed by atoms with Gasteiger partial charge in [-0.15, -0.1) is 0 Å². The highest BCUT2D eigenvalue weighted by Crippen LogP contribution is 2.47. The molecule has 0 atom stereocenters. The first-order valence-electron chi connectivity index (χ1n) is 7.42. The Labute approximate surface area is 115 Å². The van der Waals surface area contributed by atoms with Gasteiger partial charge >= 0.3 is 0 Å². The summed E-state index contributed by atoms with van der Waals surface area (Å²) in [5, 5.41) is 0. The topological polar surface area (TPSA) is 44.5 Å². The first-order valence-corrected chi connectivity index (χ1v) is 7.42. The van der Waals surface area contributed by atoms with Crippen molar-refractivity contribution in [3.63, 3.8) is 0 Å². The van der Waals surface area contributed by atoms with Crippen molar-refractivity contribution in [2.75, 3.05) is 19.8 Å². The molecule has 1 aliphatic carbocycles. The van der Waals surface area contributed by atoms with Gasteiger partial charge in [-0.25, -0.2) is 0 Å². The summed E-state index contributed by atoms with van der Waals surface area (Å²) >= 11 is 0. The molecule has 3 heteroatoms. The minimum Gasteiger partial charge on any atom is -0.490 e. The maximum Gasteiger partial charge on any atom is 0.161 e. The Balaban J connectivity index is 2.05. The van der Waals surface area contributed by atoms with Gasteiger partial charge < -0.3 is 15.2 Å². The summed E-state index contributed by atoms with van der Waals surface area (Å²) in [5.41, 5.74) is 9.02. The lowest BCUT2D eigenvalue weighted by molar-refractivity contribution is 0.249. The average Bonchev–Trinajstić information content (AvgIpc) is 2.62. The van der Waals surface area contributed by atoms with Gasteiger partial charge in [0, 0.05) is 18.4 Å². The van der Waals surface area contributed by atoms with Crippen molar-refractivity contribution in [3.8, 4) is 11.5 Å². The molecule has 0 aromatic heterocycles. The molecule has 1 aliphatic heterocycles. The highest BCUT2D eigenvalue weighted by molar-refractivity contribution is 5.51. The number of nitrogens with two attached hydrogens (primary N) is 1. The van der Waals surface area contributed by atoms with Crippen LogP contribution < -0.4 is 15.2 Å². The van der Waals surface area contributed by atoms with E-state index in [0.717, 1.165) is 44.1 Å². The van der Waals surface area contributed by atoms with E-state index in [0.29, 0.717) is 0 Å². The summed E-state index contributed by atoms with van der Waals surface area (Å²) in [6.07, 6.45) is 5.67. The van der Waals surface area contributed by atoms with Crippen molar-refractivity contribution in [1.82, 2.24) is 0 Å². The molecule has 2 N–H and O–H groups in total. The van der Waals surface area contributed by atoms with Crippen LogP contribution >= 0.6 is 0 Å². The zero-order valence-corrected chi connectivity index (χ0v) is 11.7. The normalized spacial score (nSPS) is 20.5. The third-order valence-corrected chi connectivity index (χ3v) is 4.63. The first-order chi connectivity index (χ1) is 9.29. The van der Waals surface area contributed by atoms with E-state index < -0.39 is 0 Å². The standard InChI is InChI=1S/C16H23NO2/c1-2-12-9-14-15(19-8-4-7-18-14)10-13(12)16(11-17)5-3-6-16/h9-10H,2-8,11,17H2,1H3. The number of hydrogen-bond donors (Lipinski definition) is 1. The van der Waals surface area contributed by atoms with Crippen LogP contribution in [0.5, 0.6) is 11.5 Å².